The zero-order valence-electron chi connectivity index (χ0n) is 14.0. The van der Waals surface area contributed by atoms with Crippen LogP contribution in [0.15, 0.2) is 0 Å². The summed E-state index contributed by atoms with van der Waals surface area (Å²) in [5.74, 6) is 0.646. The maximum atomic E-state index is 12.4. The molecule has 0 aromatic heterocycles. The van der Waals surface area contributed by atoms with Crippen LogP contribution < -0.4 is 10.6 Å². The van der Waals surface area contributed by atoms with Crippen LogP contribution in [0.4, 0.5) is 0 Å². The second-order valence-electron chi connectivity index (χ2n) is 6.76. The Balaban J connectivity index is 2.37. The lowest BCUT2D eigenvalue weighted by Crippen LogP contribution is -2.48. The minimum atomic E-state index is -0.275. The molecule has 1 amide bonds. The minimum absolute atomic E-state index is 0.198. The first-order valence-electron chi connectivity index (χ1n) is 8.08. The van der Waals surface area contributed by atoms with Gasteiger partial charge in [0.05, 0.1) is 0 Å². The van der Waals surface area contributed by atoms with Crippen molar-refractivity contribution in [3.05, 3.63) is 0 Å². The van der Waals surface area contributed by atoms with Gasteiger partial charge in [0.15, 0.2) is 0 Å². The van der Waals surface area contributed by atoms with Crippen LogP contribution in [0.5, 0.6) is 0 Å². The summed E-state index contributed by atoms with van der Waals surface area (Å²) in [4.78, 5) is 14.7. The predicted octanol–water partition coefficient (Wildman–Crippen LogP) is 1.86. The van der Waals surface area contributed by atoms with Crippen LogP contribution >= 0.6 is 0 Å². The Morgan fingerprint density at radius 1 is 1.50 bits per heavy atom. The molecule has 0 spiro atoms. The van der Waals surface area contributed by atoms with Gasteiger partial charge in [-0.2, -0.15) is 0 Å². The highest BCUT2D eigenvalue weighted by atomic mass is 16.2. The van der Waals surface area contributed by atoms with Gasteiger partial charge < -0.3 is 15.5 Å². The minimum Gasteiger partial charge on any atom is -0.354 e. The van der Waals surface area contributed by atoms with Gasteiger partial charge in [0.2, 0.25) is 5.91 Å². The molecule has 0 aromatic carbocycles. The number of hydrogen-bond donors (Lipinski definition) is 2. The Morgan fingerprint density at radius 3 is 2.75 bits per heavy atom. The van der Waals surface area contributed by atoms with E-state index in [-0.39, 0.29) is 11.3 Å². The molecule has 0 aliphatic carbocycles. The van der Waals surface area contributed by atoms with Crippen LogP contribution in [0.25, 0.3) is 0 Å². The molecule has 2 N–H and O–H groups in total. The summed E-state index contributed by atoms with van der Waals surface area (Å²) in [6.45, 7) is 12.3. The number of carbonyl (C=O) groups is 1. The Bertz CT molecular complexity index is 298. The van der Waals surface area contributed by atoms with E-state index in [0.29, 0.717) is 12.0 Å². The average Bonchev–Trinajstić information content (AvgIpc) is 2.46. The van der Waals surface area contributed by atoms with Crippen LogP contribution in [-0.2, 0) is 4.79 Å². The third kappa shape index (κ3) is 4.74. The highest BCUT2D eigenvalue weighted by Gasteiger charge is 2.36. The van der Waals surface area contributed by atoms with Gasteiger partial charge in [-0.3, -0.25) is 4.79 Å². The molecule has 1 rings (SSSR count). The average molecular weight is 283 g/mol. The van der Waals surface area contributed by atoms with E-state index in [0.717, 1.165) is 39.0 Å². The lowest BCUT2D eigenvalue weighted by Gasteiger charge is -2.36. The third-order valence-corrected chi connectivity index (χ3v) is 5.00. The highest BCUT2D eigenvalue weighted by Crippen LogP contribution is 2.31. The van der Waals surface area contributed by atoms with Gasteiger partial charge in [0.25, 0.3) is 0 Å². The summed E-state index contributed by atoms with van der Waals surface area (Å²) in [7, 11) is 2.12. The van der Waals surface area contributed by atoms with Crippen molar-refractivity contribution in [1.82, 2.24) is 15.5 Å². The van der Waals surface area contributed by atoms with E-state index in [1.54, 1.807) is 0 Å². The normalized spacial score (nSPS) is 21.8. The molecule has 1 aliphatic rings. The van der Waals surface area contributed by atoms with Crippen LogP contribution in [-0.4, -0.2) is 50.1 Å². The van der Waals surface area contributed by atoms with Crippen molar-refractivity contribution in [3.63, 3.8) is 0 Å². The largest absolute Gasteiger partial charge is 0.354 e. The summed E-state index contributed by atoms with van der Waals surface area (Å²) < 4.78 is 0. The molecule has 0 aromatic rings. The highest BCUT2D eigenvalue weighted by molar-refractivity contribution is 5.82. The zero-order valence-corrected chi connectivity index (χ0v) is 14.0. The lowest BCUT2D eigenvalue weighted by atomic mass is 9.74. The molecule has 0 bridgehead atoms. The number of nitrogens with zero attached hydrogens (tertiary/aromatic N) is 1. The summed E-state index contributed by atoms with van der Waals surface area (Å²) >= 11 is 0. The van der Waals surface area contributed by atoms with Gasteiger partial charge in [0.1, 0.15) is 0 Å². The second-order valence-corrected chi connectivity index (χ2v) is 6.76. The second kappa shape index (κ2) is 7.99. The van der Waals surface area contributed by atoms with E-state index < -0.39 is 0 Å². The van der Waals surface area contributed by atoms with Gasteiger partial charge in [-0.05, 0) is 52.2 Å². The number of amides is 1. The summed E-state index contributed by atoms with van der Waals surface area (Å²) in [6.07, 6.45) is 3.47. The molecule has 0 radical (unpaired) electrons. The van der Waals surface area contributed by atoms with Gasteiger partial charge in [-0.15, -0.1) is 0 Å². The van der Waals surface area contributed by atoms with E-state index in [1.165, 1.54) is 6.42 Å². The standard InChI is InChI=1S/C16H33N3O/c1-6-13(2)19(5)11-10-18-15(20)16(3,4)14-8-7-9-17-12-14/h13-14,17H,6-12H2,1-5H3,(H,18,20). The van der Waals surface area contributed by atoms with Crippen molar-refractivity contribution in [3.8, 4) is 0 Å². The monoisotopic (exact) mass is 283 g/mol. The fourth-order valence-electron chi connectivity index (χ4n) is 2.76. The third-order valence-electron chi connectivity index (χ3n) is 5.00. The number of carbonyl (C=O) groups excluding carboxylic acids is 1. The van der Waals surface area contributed by atoms with Gasteiger partial charge in [-0.1, -0.05) is 20.8 Å². The van der Waals surface area contributed by atoms with E-state index >= 15 is 0 Å². The maximum absolute atomic E-state index is 12.4. The van der Waals surface area contributed by atoms with Gasteiger partial charge >= 0.3 is 0 Å². The van der Waals surface area contributed by atoms with Crippen LogP contribution in [0.2, 0.25) is 0 Å². The van der Waals surface area contributed by atoms with Crippen molar-refractivity contribution < 1.29 is 4.79 Å². The van der Waals surface area contributed by atoms with E-state index in [2.05, 4.69) is 50.3 Å². The molecule has 118 valence electrons. The number of likely N-dealkylation sites (N-methyl/N-ethyl adjacent to an activating group) is 1. The quantitative estimate of drug-likeness (QED) is 0.749. The number of hydrogen-bond acceptors (Lipinski definition) is 3. The van der Waals surface area contributed by atoms with Crippen molar-refractivity contribution >= 4 is 5.91 Å². The topological polar surface area (TPSA) is 44.4 Å². The maximum Gasteiger partial charge on any atom is 0.226 e. The first-order chi connectivity index (χ1) is 9.39. The SMILES string of the molecule is CCC(C)N(C)CCNC(=O)C(C)(C)C1CCCNC1. The molecular weight excluding hydrogens is 250 g/mol. The van der Waals surface area contributed by atoms with E-state index in [9.17, 15) is 4.79 Å². The predicted molar refractivity (Wildman–Crippen MR) is 84.8 cm³/mol. The summed E-state index contributed by atoms with van der Waals surface area (Å²) in [5, 5.41) is 6.53. The number of rotatable bonds is 7. The fourth-order valence-corrected chi connectivity index (χ4v) is 2.76. The molecular formula is C16H33N3O. The van der Waals surface area contributed by atoms with E-state index in [4.69, 9.17) is 0 Å². The lowest BCUT2D eigenvalue weighted by molar-refractivity contribution is -0.132. The Labute approximate surface area is 124 Å². The molecule has 20 heavy (non-hydrogen) atoms. The molecule has 1 aliphatic heterocycles. The number of nitrogens with one attached hydrogen (secondary N) is 2. The molecule has 4 heteroatoms. The van der Waals surface area contributed by atoms with E-state index in [1.807, 2.05) is 0 Å². The molecule has 1 fully saturated rings. The Hall–Kier alpha value is -0.610. The molecule has 1 heterocycles. The van der Waals surface area contributed by atoms with Crippen LogP contribution in [0.1, 0.15) is 47.0 Å². The van der Waals surface area contributed by atoms with Gasteiger partial charge in [-0.25, -0.2) is 0 Å². The van der Waals surface area contributed by atoms with Crippen LogP contribution in [0, 0.1) is 11.3 Å². The molecule has 1 saturated heterocycles. The number of piperidine rings is 1. The fraction of sp³-hybridized carbons (Fsp3) is 0.938. The summed E-state index contributed by atoms with van der Waals surface area (Å²) in [6, 6.07) is 0.572. The smallest absolute Gasteiger partial charge is 0.226 e. The first kappa shape index (κ1) is 17.4. The summed E-state index contributed by atoms with van der Waals surface area (Å²) in [5.41, 5.74) is -0.275. The molecule has 2 unspecified atom stereocenters. The molecule has 2 atom stereocenters. The Kier molecular flexibility index (Phi) is 6.96. The van der Waals surface area contributed by atoms with Crippen molar-refractivity contribution in [2.75, 3.05) is 33.2 Å². The zero-order chi connectivity index (χ0) is 15.2. The van der Waals surface area contributed by atoms with Gasteiger partial charge in [0, 0.05) is 24.5 Å². The van der Waals surface area contributed by atoms with Crippen molar-refractivity contribution in [2.24, 2.45) is 11.3 Å². The van der Waals surface area contributed by atoms with Crippen molar-refractivity contribution in [2.45, 2.75) is 53.0 Å². The van der Waals surface area contributed by atoms with Crippen LogP contribution in [0.3, 0.4) is 0 Å². The first-order valence-corrected chi connectivity index (χ1v) is 8.08. The molecule has 4 nitrogen and oxygen atoms in total. The van der Waals surface area contributed by atoms with Crippen molar-refractivity contribution in [1.29, 1.82) is 0 Å². The molecule has 0 saturated carbocycles. The Morgan fingerprint density at radius 2 is 2.20 bits per heavy atom.